The molecular weight excluding hydrogens is 312 g/mol. The van der Waals surface area contributed by atoms with E-state index in [-0.39, 0.29) is 17.4 Å². The summed E-state index contributed by atoms with van der Waals surface area (Å²) in [4.78, 5) is 22.6. The molecule has 1 fully saturated rings. The van der Waals surface area contributed by atoms with E-state index in [2.05, 4.69) is 5.32 Å². The van der Waals surface area contributed by atoms with Crippen molar-refractivity contribution in [2.75, 3.05) is 19.8 Å². The summed E-state index contributed by atoms with van der Waals surface area (Å²) < 4.78 is 10.5. The van der Waals surface area contributed by atoms with E-state index in [0.717, 1.165) is 12.8 Å². The van der Waals surface area contributed by atoms with Crippen LogP contribution in [0.15, 0.2) is 29.8 Å². The van der Waals surface area contributed by atoms with Gasteiger partial charge < -0.3 is 24.7 Å². The fourth-order valence-electron chi connectivity index (χ4n) is 2.28. The van der Waals surface area contributed by atoms with Gasteiger partial charge in [0, 0.05) is 18.7 Å². The fraction of sp³-hybridized carbons (Fsp3) is 0.353. The number of nitrogens with one attached hydrogen (secondary N) is 1. The van der Waals surface area contributed by atoms with Gasteiger partial charge in [-0.15, -0.1) is 0 Å². The Bertz CT molecular complexity index is 672. The lowest BCUT2D eigenvalue weighted by atomic mass is 10.1. The summed E-state index contributed by atoms with van der Waals surface area (Å²) in [7, 11) is 0. The summed E-state index contributed by atoms with van der Waals surface area (Å²) in [6, 6.07) is 8.36. The fourth-order valence-corrected chi connectivity index (χ4v) is 2.28. The highest BCUT2D eigenvalue weighted by atomic mass is 16.5. The van der Waals surface area contributed by atoms with Gasteiger partial charge in [0.15, 0.2) is 0 Å². The molecule has 0 radical (unpaired) electrons. The van der Waals surface area contributed by atoms with Crippen LogP contribution >= 0.6 is 0 Å². The van der Waals surface area contributed by atoms with Gasteiger partial charge in [0.05, 0.1) is 12.1 Å². The smallest absolute Gasteiger partial charge is 0.262 e. The van der Waals surface area contributed by atoms with Gasteiger partial charge in [0.25, 0.3) is 5.91 Å². The third-order valence-corrected chi connectivity index (χ3v) is 3.44. The number of aliphatic carboxylic acids is 1. The molecule has 1 N–H and O–H groups in total. The molecule has 0 aliphatic carbocycles. The minimum atomic E-state index is -1.36. The van der Waals surface area contributed by atoms with E-state index >= 15 is 0 Å². The standard InChI is InChI=1S/C17H18N2O5/c18-9-13(17(22)19-10-14-5-3-7-23-14)8-12-4-1-2-6-15(12)24-11-16(20)21/h1-2,4,6,8,14H,3,5,7,10-11H2,(H,19,22)(H,20,21)/p-1/b13-8+/t14-/m1/s1. The summed E-state index contributed by atoms with van der Waals surface area (Å²) in [5.74, 6) is -1.62. The van der Waals surface area contributed by atoms with Crippen LogP contribution in [0.1, 0.15) is 18.4 Å². The van der Waals surface area contributed by atoms with Crippen LogP contribution in [-0.2, 0) is 14.3 Å². The molecule has 1 amide bonds. The second-order valence-corrected chi connectivity index (χ2v) is 5.21. The number of benzene rings is 1. The molecule has 1 aromatic rings. The Morgan fingerprint density at radius 3 is 2.92 bits per heavy atom. The maximum atomic E-state index is 12.1. The first-order valence-electron chi connectivity index (χ1n) is 7.53. The first-order valence-corrected chi connectivity index (χ1v) is 7.53. The minimum Gasteiger partial charge on any atom is -0.546 e. The van der Waals surface area contributed by atoms with E-state index in [4.69, 9.17) is 9.47 Å². The molecule has 1 atom stereocenters. The minimum absolute atomic E-state index is 0.0208. The van der Waals surface area contributed by atoms with Gasteiger partial charge in [-0.05, 0) is 25.0 Å². The van der Waals surface area contributed by atoms with Gasteiger partial charge in [-0.1, -0.05) is 18.2 Å². The molecule has 2 rings (SSSR count). The molecule has 1 saturated heterocycles. The van der Waals surface area contributed by atoms with Crippen LogP contribution in [0.3, 0.4) is 0 Å². The van der Waals surface area contributed by atoms with Crippen molar-refractivity contribution in [2.45, 2.75) is 18.9 Å². The molecule has 7 nitrogen and oxygen atoms in total. The van der Waals surface area contributed by atoms with Crippen molar-refractivity contribution in [1.82, 2.24) is 5.32 Å². The molecule has 0 spiro atoms. The van der Waals surface area contributed by atoms with Crippen LogP contribution in [0, 0.1) is 11.3 Å². The van der Waals surface area contributed by atoms with E-state index in [1.807, 2.05) is 6.07 Å². The predicted molar refractivity (Wildman–Crippen MR) is 82.5 cm³/mol. The number of carbonyl (C=O) groups is 2. The molecule has 0 aromatic heterocycles. The number of hydrogen-bond donors (Lipinski definition) is 1. The third kappa shape index (κ3) is 5.11. The Kier molecular flexibility index (Phi) is 6.34. The van der Waals surface area contributed by atoms with Crippen molar-refractivity contribution >= 4 is 18.0 Å². The van der Waals surface area contributed by atoms with Crippen LogP contribution < -0.4 is 15.2 Å². The number of carboxylic acids is 1. The monoisotopic (exact) mass is 329 g/mol. The van der Waals surface area contributed by atoms with E-state index in [1.165, 1.54) is 6.08 Å². The number of carboxylic acid groups (broad SMARTS) is 1. The normalized spacial score (nSPS) is 17.1. The molecule has 1 aromatic carbocycles. The van der Waals surface area contributed by atoms with E-state index in [0.29, 0.717) is 18.7 Å². The lowest BCUT2D eigenvalue weighted by Crippen LogP contribution is -2.32. The largest absolute Gasteiger partial charge is 0.546 e. The molecule has 126 valence electrons. The Morgan fingerprint density at radius 2 is 2.25 bits per heavy atom. The van der Waals surface area contributed by atoms with Crippen LogP contribution in [0.25, 0.3) is 6.08 Å². The van der Waals surface area contributed by atoms with Crippen molar-refractivity contribution in [1.29, 1.82) is 5.26 Å². The molecule has 24 heavy (non-hydrogen) atoms. The first kappa shape index (κ1) is 17.5. The molecule has 0 bridgehead atoms. The number of para-hydroxylation sites is 1. The van der Waals surface area contributed by atoms with E-state index < -0.39 is 18.5 Å². The number of hydrogen-bond acceptors (Lipinski definition) is 6. The lowest BCUT2D eigenvalue weighted by Gasteiger charge is -2.11. The number of nitrogens with zero attached hydrogens (tertiary/aromatic N) is 1. The maximum Gasteiger partial charge on any atom is 0.262 e. The Morgan fingerprint density at radius 1 is 1.46 bits per heavy atom. The zero-order valence-corrected chi connectivity index (χ0v) is 13.0. The van der Waals surface area contributed by atoms with Crippen LogP contribution in [-0.4, -0.2) is 37.7 Å². The summed E-state index contributed by atoms with van der Waals surface area (Å²) in [5, 5.41) is 22.4. The lowest BCUT2D eigenvalue weighted by molar-refractivity contribution is -0.307. The second kappa shape index (κ2) is 8.70. The number of amides is 1. The maximum absolute atomic E-state index is 12.1. The van der Waals surface area contributed by atoms with Crippen molar-refractivity contribution in [3.63, 3.8) is 0 Å². The molecule has 7 heteroatoms. The van der Waals surface area contributed by atoms with E-state index in [1.54, 1.807) is 24.3 Å². The Labute approximate surface area is 139 Å². The van der Waals surface area contributed by atoms with Gasteiger partial charge in [-0.2, -0.15) is 5.26 Å². The number of carbonyl (C=O) groups excluding carboxylic acids is 2. The average molecular weight is 329 g/mol. The summed E-state index contributed by atoms with van der Waals surface area (Å²) >= 11 is 0. The molecule has 1 aliphatic rings. The summed E-state index contributed by atoms with van der Waals surface area (Å²) in [6.45, 7) is 0.420. The van der Waals surface area contributed by atoms with Crippen LogP contribution in [0.5, 0.6) is 5.75 Å². The SMILES string of the molecule is N#C/C(=C\c1ccccc1OCC(=O)[O-])C(=O)NC[C@H]1CCCO1. The van der Waals surface area contributed by atoms with Gasteiger partial charge in [-0.3, -0.25) is 4.79 Å². The van der Waals surface area contributed by atoms with Gasteiger partial charge in [0.2, 0.25) is 0 Å². The number of nitriles is 1. The van der Waals surface area contributed by atoms with E-state index in [9.17, 15) is 20.0 Å². The van der Waals surface area contributed by atoms with Crippen molar-refractivity contribution < 1.29 is 24.2 Å². The van der Waals surface area contributed by atoms with Crippen molar-refractivity contribution in [3.8, 4) is 11.8 Å². The predicted octanol–water partition coefficient (Wildman–Crippen LogP) is 0.0175. The van der Waals surface area contributed by atoms with Crippen LogP contribution in [0.4, 0.5) is 0 Å². The topological polar surface area (TPSA) is 111 Å². The zero-order valence-electron chi connectivity index (χ0n) is 13.0. The molecule has 0 saturated carbocycles. The number of rotatable bonds is 7. The highest BCUT2D eigenvalue weighted by molar-refractivity contribution is 6.02. The van der Waals surface area contributed by atoms with Crippen LogP contribution in [0.2, 0.25) is 0 Å². The van der Waals surface area contributed by atoms with Crippen molar-refractivity contribution in [3.05, 3.63) is 35.4 Å². The second-order valence-electron chi connectivity index (χ2n) is 5.21. The highest BCUT2D eigenvalue weighted by Gasteiger charge is 2.17. The Hall–Kier alpha value is -2.85. The molecule has 1 heterocycles. The summed E-state index contributed by atoms with van der Waals surface area (Å²) in [5.41, 5.74) is 0.333. The molecular formula is C17H17N2O5-. The molecule has 1 aliphatic heterocycles. The van der Waals surface area contributed by atoms with Gasteiger partial charge in [-0.25, -0.2) is 0 Å². The van der Waals surface area contributed by atoms with Gasteiger partial charge >= 0.3 is 0 Å². The summed E-state index contributed by atoms with van der Waals surface area (Å²) in [6.07, 6.45) is 3.18. The average Bonchev–Trinajstić information content (AvgIpc) is 3.10. The highest BCUT2D eigenvalue weighted by Crippen LogP contribution is 2.21. The van der Waals surface area contributed by atoms with Crippen molar-refractivity contribution in [2.24, 2.45) is 0 Å². The zero-order chi connectivity index (χ0) is 17.4. The van der Waals surface area contributed by atoms with Gasteiger partial charge in [0.1, 0.15) is 24.0 Å². The quantitative estimate of drug-likeness (QED) is 0.557. The third-order valence-electron chi connectivity index (χ3n) is 3.44. The Balaban J connectivity index is 2.07. The first-order chi connectivity index (χ1) is 11.6. The molecule has 0 unspecified atom stereocenters. The number of ether oxygens (including phenoxy) is 2.